The van der Waals surface area contributed by atoms with Crippen molar-refractivity contribution in [2.75, 3.05) is 23.3 Å². The summed E-state index contributed by atoms with van der Waals surface area (Å²) in [5.41, 5.74) is 0.521. The van der Waals surface area contributed by atoms with E-state index in [4.69, 9.17) is 9.15 Å². The predicted octanol–water partition coefficient (Wildman–Crippen LogP) is 4.46. The van der Waals surface area contributed by atoms with Gasteiger partial charge in [0.1, 0.15) is 23.2 Å². The summed E-state index contributed by atoms with van der Waals surface area (Å²) in [7, 11) is 0. The average Bonchev–Trinajstić information content (AvgIpc) is 3.08. The van der Waals surface area contributed by atoms with Crippen molar-refractivity contribution in [3.05, 3.63) is 47.7 Å². The molecule has 0 atom stereocenters. The molecule has 2 aromatic rings. The van der Waals surface area contributed by atoms with Gasteiger partial charge in [0.2, 0.25) is 0 Å². The van der Waals surface area contributed by atoms with Crippen LogP contribution >= 0.6 is 0 Å². The molecule has 0 aliphatic carbocycles. The van der Waals surface area contributed by atoms with Crippen LogP contribution in [0.4, 0.5) is 11.6 Å². The number of rotatable bonds is 8. The number of nitrogens with one attached hydrogen (secondary N) is 1. The van der Waals surface area contributed by atoms with Crippen LogP contribution in [0.1, 0.15) is 33.5 Å². The molecule has 1 N–H and O–H groups in total. The fourth-order valence-electron chi connectivity index (χ4n) is 2.53. The smallest absolute Gasteiger partial charge is 0.266 e. The highest BCUT2D eigenvalue weighted by atomic mass is 16.5. The molecular formula is C21H25N3O3. The third kappa shape index (κ3) is 5.65. The molecule has 27 heavy (non-hydrogen) atoms. The van der Waals surface area contributed by atoms with Crippen LogP contribution in [0.2, 0.25) is 0 Å². The van der Waals surface area contributed by atoms with Crippen LogP contribution < -0.4 is 15.0 Å². The molecule has 6 heteroatoms. The molecule has 1 heterocycles. The number of carbonyl (C=O) groups excluding carboxylic acids is 1. The summed E-state index contributed by atoms with van der Waals surface area (Å²) in [5.74, 6) is 1.32. The monoisotopic (exact) mass is 367 g/mol. The molecule has 1 aromatic heterocycles. The van der Waals surface area contributed by atoms with Crippen LogP contribution in [-0.4, -0.2) is 25.1 Å². The lowest BCUT2D eigenvalue weighted by Crippen LogP contribution is -2.20. The summed E-state index contributed by atoms with van der Waals surface area (Å²) in [6.45, 7) is 9.55. The zero-order chi connectivity index (χ0) is 19.8. The highest BCUT2D eigenvalue weighted by Crippen LogP contribution is 2.22. The zero-order valence-electron chi connectivity index (χ0n) is 16.2. The lowest BCUT2D eigenvalue weighted by Gasteiger charge is -2.16. The van der Waals surface area contributed by atoms with E-state index in [9.17, 15) is 10.1 Å². The Kier molecular flexibility index (Phi) is 7.07. The number of anilines is 2. The first-order chi connectivity index (χ1) is 13.0. The molecule has 2 rings (SSSR count). The Morgan fingerprint density at radius 1 is 1.30 bits per heavy atom. The van der Waals surface area contributed by atoms with Gasteiger partial charge in [-0.15, -0.1) is 0 Å². The van der Waals surface area contributed by atoms with E-state index < -0.39 is 5.91 Å². The van der Waals surface area contributed by atoms with E-state index in [0.717, 1.165) is 13.1 Å². The molecule has 6 nitrogen and oxygen atoms in total. The van der Waals surface area contributed by atoms with Crippen LogP contribution in [0.5, 0.6) is 5.75 Å². The van der Waals surface area contributed by atoms with Crippen molar-refractivity contribution in [1.29, 1.82) is 5.26 Å². The van der Waals surface area contributed by atoms with Gasteiger partial charge in [-0.3, -0.25) is 4.79 Å². The van der Waals surface area contributed by atoms with E-state index in [0.29, 0.717) is 23.1 Å². The lowest BCUT2D eigenvalue weighted by molar-refractivity contribution is -0.112. The van der Waals surface area contributed by atoms with Gasteiger partial charge in [0.25, 0.3) is 5.91 Å². The minimum atomic E-state index is -0.500. The van der Waals surface area contributed by atoms with Gasteiger partial charge in [0, 0.05) is 37.0 Å². The van der Waals surface area contributed by atoms with E-state index in [1.54, 1.807) is 24.3 Å². The fourth-order valence-corrected chi connectivity index (χ4v) is 2.53. The Balaban J connectivity index is 2.14. The highest BCUT2D eigenvalue weighted by molar-refractivity contribution is 6.09. The Hall–Kier alpha value is -3.20. The van der Waals surface area contributed by atoms with Crippen molar-refractivity contribution < 1.29 is 13.9 Å². The standard InChI is InChI=1S/C21H25N3O3/c1-5-24(6-2)20-11-10-19(27-20)12-16(14-22)21(25)23-17-8-7-9-18(13-17)26-15(3)4/h7-13,15H,5-6H2,1-4H3,(H,23,25)/b16-12-. The van der Waals surface area contributed by atoms with Crippen molar-refractivity contribution in [1.82, 2.24) is 0 Å². The zero-order valence-corrected chi connectivity index (χ0v) is 16.2. The second kappa shape index (κ2) is 9.48. The van der Waals surface area contributed by atoms with Crippen molar-refractivity contribution >= 4 is 23.6 Å². The van der Waals surface area contributed by atoms with E-state index >= 15 is 0 Å². The molecule has 0 radical (unpaired) electrons. The first-order valence-electron chi connectivity index (χ1n) is 9.01. The van der Waals surface area contributed by atoms with Crippen molar-refractivity contribution in [3.63, 3.8) is 0 Å². The summed E-state index contributed by atoms with van der Waals surface area (Å²) >= 11 is 0. The second-order valence-electron chi connectivity index (χ2n) is 6.17. The molecule has 0 saturated carbocycles. The van der Waals surface area contributed by atoms with Crippen LogP contribution in [0.3, 0.4) is 0 Å². The summed E-state index contributed by atoms with van der Waals surface area (Å²) in [4.78, 5) is 14.5. The highest BCUT2D eigenvalue weighted by Gasteiger charge is 2.13. The molecule has 0 spiro atoms. The predicted molar refractivity (Wildman–Crippen MR) is 107 cm³/mol. The summed E-state index contributed by atoms with van der Waals surface area (Å²) in [6.07, 6.45) is 1.47. The van der Waals surface area contributed by atoms with Gasteiger partial charge in [0.05, 0.1) is 6.10 Å². The number of ether oxygens (including phenoxy) is 1. The Morgan fingerprint density at radius 2 is 2.04 bits per heavy atom. The first kappa shape index (κ1) is 20.1. The second-order valence-corrected chi connectivity index (χ2v) is 6.17. The number of nitriles is 1. The van der Waals surface area contributed by atoms with Gasteiger partial charge in [-0.2, -0.15) is 5.26 Å². The van der Waals surface area contributed by atoms with E-state index in [1.165, 1.54) is 6.08 Å². The van der Waals surface area contributed by atoms with Crippen LogP contribution in [0.25, 0.3) is 6.08 Å². The number of hydrogen-bond acceptors (Lipinski definition) is 5. The Morgan fingerprint density at radius 3 is 2.67 bits per heavy atom. The Labute approximate surface area is 160 Å². The van der Waals surface area contributed by atoms with Crippen LogP contribution in [0.15, 0.2) is 46.4 Å². The number of hydrogen-bond donors (Lipinski definition) is 1. The van der Waals surface area contributed by atoms with Gasteiger partial charge in [-0.1, -0.05) is 6.07 Å². The molecule has 1 amide bonds. The lowest BCUT2D eigenvalue weighted by atomic mass is 10.2. The third-order valence-electron chi connectivity index (χ3n) is 3.80. The minimum Gasteiger partial charge on any atom is -0.491 e. The van der Waals surface area contributed by atoms with Crippen molar-refractivity contribution in [3.8, 4) is 11.8 Å². The maximum absolute atomic E-state index is 12.4. The van der Waals surface area contributed by atoms with Crippen LogP contribution in [-0.2, 0) is 4.79 Å². The van der Waals surface area contributed by atoms with E-state index in [1.807, 2.05) is 50.8 Å². The number of benzene rings is 1. The molecule has 0 aliphatic rings. The van der Waals surface area contributed by atoms with Gasteiger partial charge in [-0.25, -0.2) is 0 Å². The molecule has 0 aliphatic heterocycles. The number of furan rings is 1. The van der Waals surface area contributed by atoms with Gasteiger partial charge in [-0.05, 0) is 45.9 Å². The SMILES string of the molecule is CCN(CC)c1ccc(/C=C(/C#N)C(=O)Nc2cccc(OC(C)C)c2)o1. The fraction of sp³-hybridized carbons (Fsp3) is 0.333. The molecular weight excluding hydrogens is 342 g/mol. The summed E-state index contributed by atoms with van der Waals surface area (Å²) < 4.78 is 11.3. The van der Waals surface area contributed by atoms with E-state index in [-0.39, 0.29) is 11.7 Å². The van der Waals surface area contributed by atoms with Gasteiger partial charge < -0.3 is 19.4 Å². The number of amides is 1. The minimum absolute atomic E-state index is 0.0319. The maximum Gasteiger partial charge on any atom is 0.266 e. The molecule has 0 bridgehead atoms. The third-order valence-corrected chi connectivity index (χ3v) is 3.80. The van der Waals surface area contributed by atoms with Gasteiger partial charge >= 0.3 is 0 Å². The van der Waals surface area contributed by atoms with Crippen molar-refractivity contribution in [2.24, 2.45) is 0 Å². The molecule has 0 unspecified atom stereocenters. The summed E-state index contributed by atoms with van der Waals surface area (Å²) in [6, 6.07) is 12.6. The summed E-state index contributed by atoms with van der Waals surface area (Å²) in [5, 5.41) is 12.1. The van der Waals surface area contributed by atoms with Crippen LogP contribution in [0, 0.1) is 11.3 Å². The number of carbonyl (C=O) groups is 1. The first-order valence-corrected chi connectivity index (χ1v) is 9.01. The quantitative estimate of drug-likeness (QED) is 0.550. The molecule has 0 saturated heterocycles. The molecule has 0 fully saturated rings. The maximum atomic E-state index is 12.4. The largest absolute Gasteiger partial charge is 0.491 e. The van der Waals surface area contributed by atoms with Gasteiger partial charge in [0.15, 0.2) is 5.88 Å². The molecule has 142 valence electrons. The van der Waals surface area contributed by atoms with Crippen molar-refractivity contribution in [2.45, 2.75) is 33.8 Å². The molecule has 1 aromatic carbocycles. The Bertz CT molecular complexity index is 842. The normalized spacial score (nSPS) is 11.2. The van der Waals surface area contributed by atoms with E-state index in [2.05, 4.69) is 5.32 Å². The average molecular weight is 367 g/mol. The number of nitrogens with zero attached hydrogens (tertiary/aromatic N) is 2. The topological polar surface area (TPSA) is 78.5 Å².